The van der Waals surface area contributed by atoms with E-state index in [1.807, 2.05) is 30.1 Å². The van der Waals surface area contributed by atoms with Crippen molar-refractivity contribution < 1.29 is 47.9 Å². The summed E-state index contributed by atoms with van der Waals surface area (Å²) in [5.41, 5.74) is 4.84. The van der Waals surface area contributed by atoms with Crippen LogP contribution in [0.5, 0.6) is 11.5 Å². The van der Waals surface area contributed by atoms with Gasteiger partial charge >= 0.3 is 0 Å². The largest absolute Gasteiger partial charge is 0.493 e. The molecule has 72 heavy (non-hydrogen) atoms. The van der Waals surface area contributed by atoms with Gasteiger partial charge in [0, 0.05) is 102 Å². The lowest BCUT2D eigenvalue weighted by Crippen LogP contribution is -2.47. The maximum atomic E-state index is 13.9. The van der Waals surface area contributed by atoms with Gasteiger partial charge in [-0.3, -0.25) is 33.6 Å². The number of aryl methyl sites for hydroxylation is 1. The van der Waals surface area contributed by atoms with Crippen molar-refractivity contribution in [3.05, 3.63) is 94.9 Å². The molecule has 2 aliphatic heterocycles. The van der Waals surface area contributed by atoms with E-state index >= 15 is 0 Å². The molecule has 4 aromatic rings. The molecule has 3 heterocycles. The molecule has 0 unspecified atom stereocenters. The number of nitrogens with zero attached hydrogens (tertiary/aromatic N) is 5. The highest BCUT2D eigenvalue weighted by Gasteiger charge is 2.36. The summed E-state index contributed by atoms with van der Waals surface area (Å²) < 4.78 is 13.3. The lowest BCUT2D eigenvalue weighted by Gasteiger charge is -2.36. The molecule has 0 bridgehead atoms. The Labute approximate surface area is 420 Å². The summed E-state index contributed by atoms with van der Waals surface area (Å²) in [5, 5.41) is 14.7. The number of hydrogen-bond donors (Lipinski definition) is 4. The number of oxime groups is 1. The zero-order valence-corrected chi connectivity index (χ0v) is 42.1. The number of unbranched alkanes of at least 4 members (excludes halogenated alkanes) is 1. The molecule has 1 aromatic heterocycles. The second-order valence-corrected chi connectivity index (χ2v) is 18.3. The zero-order valence-electron chi connectivity index (χ0n) is 42.1. The van der Waals surface area contributed by atoms with Crippen LogP contribution in [0.25, 0.3) is 0 Å². The number of carbonyl (C=O) groups is 7. The van der Waals surface area contributed by atoms with E-state index in [1.165, 1.54) is 23.4 Å². The highest BCUT2D eigenvalue weighted by Crippen LogP contribution is 2.39. The van der Waals surface area contributed by atoms with Crippen LogP contribution in [0.3, 0.4) is 0 Å². The van der Waals surface area contributed by atoms with E-state index in [9.17, 15) is 33.6 Å². The third-order valence-electron chi connectivity index (χ3n) is 12.6. The number of aromatic nitrogens is 2. The van der Waals surface area contributed by atoms with Crippen molar-refractivity contribution in [1.29, 1.82) is 0 Å². The molecule has 19 heteroatoms. The smallest absolute Gasteiger partial charge is 0.291 e. The zero-order chi connectivity index (χ0) is 51.7. The van der Waals surface area contributed by atoms with Gasteiger partial charge in [-0.25, -0.2) is 4.98 Å². The van der Waals surface area contributed by atoms with Gasteiger partial charge < -0.3 is 49.9 Å². The maximum Gasteiger partial charge on any atom is 0.291 e. The highest BCUT2D eigenvalue weighted by molar-refractivity contribution is 6.03. The van der Waals surface area contributed by atoms with Crippen LogP contribution in [-0.4, -0.2) is 114 Å². The van der Waals surface area contributed by atoms with Crippen molar-refractivity contribution in [2.45, 2.75) is 104 Å². The van der Waals surface area contributed by atoms with Gasteiger partial charge in [0.1, 0.15) is 12.4 Å². The number of benzene rings is 3. The quantitative estimate of drug-likeness (QED) is 0.0333. The Morgan fingerprint density at radius 3 is 2.36 bits per heavy atom. The number of ether oxygens (including phenoxy) is 2. The fraction of sp³-hybridized carbons (Fsp3) is 0.453. The first-order chi connectivity index (χ1) is 34.6. The first kappa shape index (κ1) is 53.8. The minimum atomic E-state index is -0.793. The Balaban J connectivity index is 0.885. The predicted molar refractivity (Wildman–Crippen MR) is 272 cm³/mol. The number of imidazole rings is 1. The lowest BCUT2D eigenvalue weighted by atomic mass is 9.93. The number of nitrogens with one attached hydrogen (secondary N) is 4. The van der Waals surface area contributed by atoms with Gasteiger partial charge in [-0.1, -0.05) is 48.5 Å². The molecular weight excluding hydrogens is 923 g/mol. The van der Waals surface area contributed by atoms with E-state index in [-0.39, 0.29) is 79.3 Å². The predicted octanol–water partition coefficient (Wildman–Crippen LogP) is 5.80. The molecule has 0 saturated heterocycles. The topological polar surface area (TPSA) is 232 Å². The van der Waals surface area contributed by atoms with Crippen molar-refractivity contribution in [2.24, 2.45) is 18.1 Å². The summed E-state index contributed by atoms with van der Waals surface area (Å²) >= 11 is 0. The number of likely N-dealkylation sites (N-methyl/N-ethyl adjacent to an activating group) is 1. The third-order valence-corrected chi connectivity index (χ3v) is 12.6. The summed E-state index contributed by atoms with van der Waals surface area (Å²) in [6.07, 6.45) is 6.69. The number of Topliss-reactive ketones (excluding diaryl/α,β-unsaturated/α-hetero) is 2. The van der Waals surface area contributed by atoms with E-state index in [0.29, 0.717) is 86.7 Å². The number of methoxy groups -OCH3 is 1. The molecule has 0 spiro atoms. The normalized spacial score (nSPS) is 14.8. The SMILES string of the molecule is CC=NOCCCNC(=O)CCCCC(=O)C[C@@H](C)C(=O)N[C@@H](C)C(=O)Cc1ccc(NC(=O)c2nc(NC(=O)CCCOc3cc4c(cc3OC)C(=O)N3Cc5ccccc5C[C@H]3CN4C)cn2C)cc1. The molecule has 0 fully saturated rings. The lowest BCUT2D eigenvalue weighted by molar-refractivity contribution is -0.131. The molecule has 3 aromatic carbocycles. The highest BCUT2D eigenvalue weighted by atomic mass is 16.6. The van der Waals surface area contributed by atoms with E-state index in [4.69, 9.17) is 14.3 Å². The van der Waals surface area contributed by atoms with Crippen LogP contribution in [-0.2, 0) is 55.2 Å². The number of amides is 5. The van der Waals surface area contributed by atoms with E-state index in [2.05, 4.69) is 48.4 Å². The monoisotopic (exact) mass is 990 g/mol. The Kier molecular flexibility index (Phi) is 19.5. The summed E-state index contributed by atoms with van der Waals surface area (Å²) in [4.78, 5) is 104. The van der Waals surface area contributed by atoms with Gasteiger partial charge in [-0.2, -0.15) is 0 Å². The Morgan fingerprint density at radius 2 is 1.61 bits per heavy atom. The molecule has 19 nitrogen and oxygen atoms in total. The summed E-state index contributed by atoms with van der Waals surface area (Å²) in [6.45, 7) is 7.29. The van der Waals surface area contributed by atoms with Crippen LogP contribution in [0.1, 0.15) is 110 Å². The van der Waals surface area contributed by atoms with E-state index in [1.54, 1.807) is 64.4 Å². The van der Waals surface area contributed by atoms with Gasteiger partial charge in [0.2, 0.25) is 23.5 Å². The van der Waals surface area contributed by atoms with E-state index in [0.717, 1.165) is 17.7 Å². The maximum absolute atomic E-state index is 13.9. The summed E-state index contributed by atoms with van der Waals surface area (Å²) in [6, 6.07) is 17.7. The van der Waals surface area contributed by atoms with Crippen LogP contribution in [0.2, 0.25) is 0 Å². The second-order valence-electron chi connectivity index (χ2n) is 18.3. The van der Waals surface area contributed by atoms with Crippen LogP contribution in [0, 0.1) is 5.92 Å². The van der Waals surface area contributed by atoms with Crippen molar-refractivity contribution >= 4 is 64.5 Å². The first-order valence-electron chi connectivity index (χ1n) is 24.5. The van der Waals surface area contributed by atoms with Crippen molar-refractivity contribution in [3.63, 3.8) is 0 Å². The van der Waals surface area contributed by atoms with Gasteiger partial charge in [0.15, 0.2) is 23.1 Å². The molecular formula is C53H67N9O10. The Hall–Kier alpha value is -7.57. The van der Waals surface area contributed by atoms with Gasteiger partial charge in [0.05, 0.1) is 37.1 Å². The van der Waals surface area contributed by atoms with Crippen LogP contribution < -0.4 is 35.6 Å². The Bertz CT molecular complexity index is 2610. The van der Waals surface area contributed by atoms with Crippen molar-refractivity contribution in [3.8, 4) is 11.5 Å². The van der Waals surface area contributed by atoms with Crippen LogP contribution >= 0.6 is 0 Å². The van der Waals surface area contributed by atoms with Gasteiger partial charge in [-0.05, 0) is 74.4 Å². The number of anilines is 3. The van der Waals surface area contributed by atoms with Crippen molar-refractivity contribution in [2.75, 3.05) is 56.0 Å². The molecule has 0 saturated carbocycles. The first-order valence-corrected chi connectivity index (χ1v) is 24.5. The number of fused-ring (bicyclic) bond motifs is 3. The van der Waals surface area contributed by atoms with Crippen LogP contribution in [0.4, 0.5) is 17.2 Å². The van der Waals surface area contributed by atoms with Crippen LogP contribution in [0.15, 0.2) is 72.0 Å². The molecule has 3 atom stereocenters. The fourth-order valence-electron chi connectivity index (χ4n) is 8.63. The van der Waals surface area contributed by atoms with Gasteiger partial charge in [-0.15, -0.1) is 0 Å². The van der Waals surface area contributed by atoms with Crippen molar-refractivity contribution in [1.82, 2.24) is 25.1 Å². The molecule has 4 N–H and O–H groups in total. The number of rotatable bonds is 26. The van der Waals surface area contributed by atoms with Gasteiger partial charge in [0.25, 0.3) is 11.8 Å². The fourth-order valence-corrected chi connectivity index (χ4v) is 8.63. The summed E-state index contributed by atoms with van der Waals surface area (Å²) in [5.74, 6) is -1.15. The molecule has 5 amide bonds. The third kappa shape index (κ3) is 15.0. The average Bonchev–Trinajstić information content (AvgIpc) is 3.69. The number of carbonyl (C=O) groups excluding carboxylic acids is 7. The Morgan fingerprint density at radius 1 is 0.875 bits per heavy atom. The minimum absolute atomic E-state index is 0.0230. The molecule has 0 radical (unpaired) electrons. The molecule has 6 rings (SSSR count). The minimum Gasteiger partial charge on any atom is -0.493 e. The molecule has 384 valence electrons. The molecule has 2 aliphatic rings. The summed E-state index contributed by atoms with van der Waals surface area (Å²) in [7, 11) is 5.14. The van der Waals surface area contributed by atoms with E-state index < -0.39 is 23.8 Å². The molecule has 0 aliphatic carbocycles. The second kappa shape index (κ2) is 26.0. The standard InChI is InChI=1S/C53H67N9O10/c1-7-55-72-25-13-23-54-48(65)17-11-10-16-41(63)26-34(2)51(67)56-35(3)44(64)27-36-19-21-39(22-20-36)57-52(68)50-59-47(33-61(50)5)58-49(66)18-12-24-71-46-30-43-42(29-45(46)70-6)53(69)62-31-38-15-9-8-14-37(38)28-40(62)32-60(43)4/h7-9,14-15,19-22,29-30,33-35,40H,10-13,16-18,23-28,31-32H2,1-6H3,(H,54,65)(H,56,67)(H,57,68)(H,58,66)/t34-,35+,40+/m1/s1. The average molecular weight is 990 g/mol. The number of ketones is 2. The number of hydrogen-bond acceptors (Lipinski definition) is 13.